The van der Waals surface area contributed by atoms with Crippen molar-refractivity contribution >= 4 is 5.97 Å². The molecule has 5 nitrogen and oxygen atoms in total. The minimum Gasteiger partial charge on any atom is -0.462 e. The second-order valence-corrected chi connectivity index (χ2v) is 15.8. The fourth-order valence-corrected chi connectivity index (χ4v) is 11.9. The third-order valence-corrected chi connectivity index (χ3v) is 13.8. The largest absolute Gasteiger partial charge is 0.462 e. The molecule has 0 aromatic heterocycles. The molecule has 0 spiro atoms. The molecule has 8 atom stereocenters. The first kappa shape index (κ1) is 28.1. The van der Waals surface area contributed by atoms with Gasteiger partial charge in [-0.05, 0) is 110 Å². The van der Waals surface area contributed by atoms with Crippen molar-refractivity contribution < 1.29 is 14.5 Å². The number of esters is 1. The average molecular weight is 528 g/mol. The summed E-state index contributed by atoms with van der Waals surface area (Å²) in [5, 5.41) is 11.5. The molecule has 4 saturated carbocycles. The summed E-state index contributed by atoms with van der Waals surface area (Å²) < 4.78 is 5.91. The van der Waals surface area contributed by atoms with Crippen LogP contribution < -0.4 is 0 Å². The molecule has 0 N–H and O–H groups in total. The Labute approximate surface area is 231 Å². The minimum atomic E-state index is -0.145. The zero-order valence-corrected chi connectivity index (χ0v) is 25.5. The fraction of sp³-hybridized carbons (Fsp3) is 0.909. The van der Waals surface area contributed by atoms with E-state index < -0.39 is 0 Å². The molecule has 0 amide bonds. The lowest BCUT2D eigenvalue weighted by molar-refractivity contribution is -0.483. The van der Waals surface area contributed by atoms with Crippen LogP contribution in [-0.4, -0.2) is 23.5 Å². The number of hydrogen-bond donors (Lipinski definition) is 0. The average Bonchev–Trinajstić information content (AvgIpc) is 3.20. The number of hydrogen-bond acceptors (Lipinski definition) is 4. The van der Waals surface area contributed by atoms with E-state index in [0.29, 0.717) is 23.7 Å². The Hall–Kier alpha value is -1.39. The molecule has 0 aromatic carbocycles. The molecule has 0 bridgehead atoms. The summed E-state index contributed by atoms with van der Waals surface area (Å²) in [6, 6.07) is 0. The van der Waals surface area contributed by atoms with Gasteiger partial charge in [-0.25, -0.2) is 0 Å². The van der Waals surface area contributed by atoms with E-state index in [9.17, 15) is 14.9 Å². The zero-order valence-electron chi connectivity index (χ0n) is 25.5. The fourth-order valence-electron chi connectivity index (χ4n) is 11.9. The van der Waals surface area contributed by atoms with E-state index in [1.165, 1.54) is 32.1 Å². The Morgan fingerprint density at radius 2 is 1.66 bits per heavy atom. The van der Waals surface area contributed by atoms with Gasteiger partial charge in [-0.1, -0.05) is 59.6 Å². The van der Waals surface area contributed by atoms with Crippen LogP contribution in [0.2, 0.25) is 0 Å². The maximum absolute atomic E-state index is 11.9. The number of nitrogens with zero attached hydrogens (tertiary/aromatic N) is 1. The van der Waals surface area contributed by atoms with Crippen molar-refractivity contribution in [3.63, 3.8) is 0 Å². The van der Waals surface area contributed by atoms with Gasteiger partial charge in [0.25, 0.3) is 0 Å². The van der Waals surface area contributed by atoms with E-state index in [4.69, 9.17) is 4.74 Å². The molecule has 0 aliphatic heterocycles. The van der Waals surface area contributed by atoms with Gasteiger partial charge in [0.2, 0.25) is 6.54 Å². The van der Waals surface area contributed by atoms with E-state index >= 15 is 0 Å². The highest BCUT2D eigenvalue weighted by atomic mass is 16.6. The van der Waals surface area contributed by atoms with Gasteiger partial charge in [0.1, 0.15) is 6.10 Å². The smallest absolute Gasteiger partial charge is 0.302 e. The summed E-state index contributed by atoms with van der Waals surface area (Å²) in [7, 11) is 0. The first-order chi connectivity index (χ1) is 17.6. The lowest BCUT2D eigenvalue weighted by Gasteiger charge is -2.72. The number of ether oxygens (including phenoxy) is 1. The van der Waals surface area contributed by atoms with Gasteiger partial charge >= 0.3 is 5.97 Å². The second kappa shape index (κ2) is 9.06. The summed E-state index contributed by atoms with van der Waals surface area (Å²) in [4.78, 5) is 23.3. The first-order valence-corrected chi connectivity index (χ1v) is 15.6. The molecule has 5 aliphatic carbocycles. The minimum absolute atomic E-state index is 0.0131. The van der Waals surface area contributed by atoms with Gasteiger partial charge in [-0.3, -0.25) is 14.9 Å². The SMILES string of the molecule is CC(=O)O[C@H]1CC[C@@]2(C)C(CC[C@]3(C)[C@@H]2CC[C@@H]2C4=C(C(C)C)CC[C@]4(CC[N+](=O)[O-])CC[C@]23C)C1(C)C. The Morgan fingerprint density at radius 3 is 2.29 bits per heavy atom. The van der Waals surface area contributed by atoms with E-state index in [0.717, 1.165) is 38.5 Å². The maximum atomic E-state index is 11.9. The molecule has 4 fully saturated rings. The Balaban J connectivity index is 1.52. The highest BCUT2D eigenvalue weighted by Crippen LogP contribution is 2.77. The number of nitro groups is 1. The Morgan fingerprint density at radius 1 is 0.947 bits per heavy atom. The first-order valence-electron chi connectivity index (χ1n) is 15.6. The molecule has 5 rings (SSSR count). The summed E-state index contributed by atoms with van der Waals surface area (Å²) in [5.74, 6) is 2.18. The molecule has 38 heavy (non-hydrogen) atoms. The van der Waals surface area contributed by atoms with Crippen LogP contribution in [0.5, 0.6) is 0 Å². The highest BCUT2D eigenvalue weighted by Gasteiger charge is 2.69. The van der Waals surface area contributed by atoms with E-state index in [-0.39, 0.29) is 50.6 Å². The molecule has 0 heterocycles. The third kappa shape index (κ3) is 3.79. The number of rotatable bonds is 5. The van der Waals surface area contributed by atoms with Crippen molar-refractivity contribution in [1.82, 2.24) is 0 Å². The summed E-state index contributed by atoms with van der Waals surface area (Å²) in [6.07, 6.45) is 12.4. The summed E-state index contributed by atoms with van der Waals surface area (Å²) >= 11 is 0. The topological polar surface area (TPSA) is 69.4 Å². The maximum Gasteiger partial charge on any atom is 0.302 e. The Kier molecular flexibility index (Phi) is 6.71. The predicted octanol–water partition coefficient (Wildman–Crippen LogP) is 8.39. The van der Waals surface area contributed by atoms with Crippen molar-refractivity contribution in [2.45, 2.75) is 132 Å². The number of fused-ring (bicyclic) bond motifs is 7. The van der Waals surface area contributed by atoms with Crippen LogP contribution in [0.4, 0.5) is 0 Å². The number of carbonyl (C=O) groups is 1. The molecule has 5 heteroatoms. The molecule has 0 saturated heterocycles. The molecule has 5 aliphatic rings. The molecular weight excluding hydrogens is 474 g/mol. The van der Waals surface area contributed by atoms with Crippen LogP contribution in [0.3, 0.4) is 0 Å². The van der Waals surface area contributed by atoms with Gasteiger partial charge in [0.05, 0.1) is 0 Å². The summed E-state index contributed by atoms with van der Waals surface area (Å²) in [6.45, 7) is 19.0. The number of carbonyl (C=O) groups excluding carboxylic acids is 1. The van der Waals surface area contributed by atoms with Gasteiger partial charge in [-0.15, -0.1) is 0 Å². The molecule has 214 valence electrons. The third-order valence-electron chi connectivity index (χ3n) is 13.8. The number of allylic oxidation sites excluding steroid dienone is 2. The van der Waals surface area contributed by atoms with Gasteiger partial charge in [0, 0.05) is 23.7 Å². The summed E-state index contributed by atoms with van der Waals surface area (Å²) in [5.41, 5.74) is 4.14. The van der Waals surface area contributed by atoms with Crippen molar-refractivity contribution in [2.75, 3.05) is 6.54 Å². The lowest BCUT2D eigenvalue weighted by atomic mass is 9.33. The van der Waals surface area contributed by atoms with Crippen LogP contribution in [-0.2, 0) is 9.53 Å². The van der Waals surface area contributed by atoms with Gasteiger partial charge in [0.15, 0.2) is 0 Å². The van der Waals surface area contributed by atoms with Crippen molar-refractivity contribution in [1.29, 1.82) is 0 Å². The van der Waals surface area contributed by atoms with E-state index in [1.54, 1.807) is 18.1 Å². The zero-order chi connectivity index (χ0) is 27.9. The second-order valence-electron chi connectivity index (χ2n) is 15.8. The molecular formula is C33H53NO4. The van der Waals surface area contributed by atoms with Gasteiger partial charge < -0.3 is 4.74 Å². The van der Waals surface area contributed by atoms with E-state index in [2.05, 4.69) is 48.5 Å². The lowest BCUT2D eigenvalue weighted by Crippen LogP contribution is -2.65. The van der Waals surface area contributed by atoms with E-state index in [1.807, 2.05) is 0 Å². The van der Waals surface area contributed by atoms with Crippen LogP contribution in [0.15, 0.2) is 11.1 Å². The Bertz CT molecular complexity index is 1030. The molecule has 0 aromatic rings. The van der Waals surface area contributed by atoms with Crippen molar-refractivity contribution in [3.8, 4) is 0 Å². The van der Waals surface area contributed by atoms with Crippen molar-refractivity contribution in [2.24, 2.45) is 50.7 Å². The quantitative estimate of drug-likeness (QED) is 0.156. The standard InChI is InChI=1S/C33H53NO4/c1-21(2)23-11-16-33(19-20-34(36)37)18-17-31(7)24(28(23)33)9-10-26-30(6)14-13-27(38-22(3)35)29(4,5)25(30)12-15-32(26,31)8/h21,24-27H,9-20H2,1-8H3/t24-,25?,26-,27+,30+,31-,32-,33-/m1/s1. The van der Waals surface area contributed by atoms with Crippen LogP contribution in [0.1, 0.15) is 126 Å². The molecule has 0 radical (unpaired) electrons. The molecule has 1 unspecified atom stereocenters. The van der Waals surface area contributed by atoms with Crippen LogP contribution >= 0.6 is 0 Å². The highest BCUT2D eigenvalue weighted by molar-refractivity contribution is 5.66. The van der Waals surface area contributed by atoms with Crippen LogP contribution in [0.25, 0.3) is 0 Å². The van der Waals surface area contributed by atoms with Gasteiger partial charge in [-0.2, -0.15) is 0 Å². The van der Waals surface area contributed by atoms with Crippen LogP contribution in [0, 0.1) is 60.9 Å². The normalized spacial score (nSPS) is 45.6. The van der Waals surface area contributed by atoms with Crippen molar-refractivity contribution in [3.05, 3.63) is 21.3 Å². The monoisotopic (exact) mass is 527 g/mol. The predicted molar refractivity (Wildman–Crippen MR) is 151 cm³/mol.